The minimum absolute atomic E-state index is 0.206. The summed E-state index contributed by atoms with van der Waals surface area (Å²) in [6.07, 6.45) is 3.63. The van der Waals surface area contributed by atoms with E-state index in [9.17, 15) is 13.6 Å². The minimum Gasteiger partial charge on any atom is -0.451 e. The molecule has 1 unspecified atom stereocenters. The average molecular weight is 461 g/mol. The number of esters is 1. The first-order valence-electron chi connectivity index (χ1n) is 12.6. The number of aryl methyl sites for hydroxylation is 1. The fraction of sp³-hybridized carbons (Fsp3) is 0.667. The molecule has 182 valence electrons. The van der Waals surface area contributed by atoms with Gasteiger partial charge in [-0.3, -0.25) is 9.80 Å². The fourth-order valence-electron chi connectivity index (χ4n) is 5.60. The van der Waals surface area contributed by atoms with E-state index >= 15 is 0 Å². The smallest absolute Gasteiger partial charge is 0.334 e. The molecule has 0 spiro atoms. The van der Waals surface area contributed by atoms with Gasteiger partial charge in [-0.15, -0.1) is 0 Å². The maximum Gasteiger partial charge on any atom is 0.334 e. The van der Waals surface area contributed by atoms with Gasteiger partial charge in [0.1, 0.15) is 0 Å². The molecule has 3 atom stereocenters. The van der Waals surface area contributed by atoms with Gasteiger partial charge in [-0.05, 0) is 64.4 Å². The number of alkyl halides is 2. The van der Waals surface area contributed by atoms with Crippen molar-refractivity contribution in [3.05, 3.63) is 47.0 Å². The Hall–Kier alpha value is -1.79. The van der Waals surface area contributed by atoms with Crippen LogP contribution in [0.1, 0.15) is 69.4 Å². The highest BCUT2D eigenvalue weighted by molar-refractivity contribution is 5.88. The molecule has 0 amide bonds. The summed E-state index contributed by atoms with van der Waals surface area (Å²) in [5.74, 6) is -3.16. The molecule has 2 aliphatic carbocycles. The molecule has 0 bridgehead atoms. The van der Waals surface area contributed by atoms with Crippen LogP contribution in [0.2, 0.25) is 0 Å². The Balaban J connectivity index is 1.40. The van der Waals surface area contributed by atoms with Crippen LogP contribution in [0, 0.1) is 6.92 Å². The molecule has 0 N–H and O–H groups in total. The monoisotopic (exact) mass is 460 g/mol. The van der Waals surface area contributed by atoms with Gasteiger partial charge < -0.3 is 4.74 Å². The Morgan fingerprint density at radius 3 is 2.39 bits per heavy atom. The van der Waals surface area contributed by atoms with E-state index in [2.05, 4.69) is 54.8 Å². The Bertz CT molecular complexity index is 844. The van der Waals surface area contributed by atoms with Crippen LogP contribution in [-0.2, 0) is 9.53 Å². The van der Waals surface area contributed by atoms with Crippen molar-refractivity contribution >= 4 is 5.97 Å². The predicted octanol–water partition coefficient (Wildman–Crippen LogP) is 5.31. The van der Waals surface area contributed by atoms with E-state index in [1.54, 1.807) is 0 Å². The molecule has 0 aromatic heterocycles. The van der Waals surface area contributed by atoms with E-state index in [1.807, 2.05) is 6.08 Å². The Morgan fingerprint density at radius 1 is 1.09 bits per heavy atom. The number of carbonyl (C=O) groups is 1. The molecular formula is C27H38F2N2O2. The van der Waals surface area contributed by atoms with Gasteiger partial charge in [0, 0.05) is 44.2 Å². The number of hydrogen-bond acceptors (Lipinski definition) is 4. The predicted molar refractivity (Wildman–Crippen MR) is 127 cm³/mol. The largest absolute Gasteiger partial charge is 0.451 e. The van der Waals surface area contributed by atoms with Gasteiger partial charge in [0.2, 0.25) is 0 Å². The van der Waals surface area contributed by atoms with E-state index in [0.717, 1.165) is 39.0 Å². The zero-order valence-corrected chi connectivity index (χ0v) is 20.2. The number of piperazine rings is 1. The standard InChI is InChI=1S/C27H38F2N2O2/c1-19(2)30-15-17-31(18-16-30)24-5-4-14-27(28,29)25(24)33-26(32)23-12-10-22(11-13-23)21-8-6-20(3)7-9-21/h6-9,12,19,22,24-25H,4-5,10-11,13-18H2,1-3H3/t22?,24-,25+/m0/s1. The molecule has 6 heteroatoms. The van der Waals surface area contributed by atoms with Gasteiger partial charge in [-0.1, -0.05) is 35.9 Å². The first-order chi connectivity index (χ1) is 15.7. The molecule has 1 saturated carbocycles. The summed E-state index contributed by atoms with van der Waals surface area (Å²) >= 11 is 0. The van der Waals surface area contributed by atoms with Crippen LogP contribution in [0.3, 0.4) is 0 Å². The maximum atomic E-state index is 15.0. The Kier molecular flexibility index (Phi) is 7.54. The highest BCUT2D eigenvalue weighted by Crippen LogP contribution is 2.40. The van der Waals surface area contributed by atoms with Crippen molar-refractivity contribution in [2.45, 2.75) is 89.3 Å². The number of carbonyl (C=O) groups excluding carboxylic acids is 1. The van der Waals surface area contributed by atoms with Crippen LogP contribution in [0.15, 0.2) is 35.9 Å². The zero-order valence-electron chi connectivity index (χ0n) is 20.2. The van der Waals surface area contributed by atoms with Gasteiger partial charge in [-0.2, -0.15) is 0 Å². The summed E-state index contributed by atoms with van der Waals surface area (Å²) in [5.41, 5.74) is 3.05. The van der Waals surface area contributed by atoms with Crippen molar-refractivity contribution in [3.8, 4) is 0 Å². The summed E-state index contributed by atoms with van der Waals surface area (Å²) in [5, 5.41) is 0. The number of hydrogen-bond donors (Lipinski definition) is 0. The van der Waals surface area contributed by atoms with Crippen LogP contribution in [-0.4, -0.2) is 66.1 Å². The highest BCUT2D eigenvalue weighted by atomic mass is 19.3. The fourth-order valence-corrected chi connectivity index (χ4v) is 5.60. The minimum atomic E-state index is -2.98. The Morgan fingerprint density at radius 2 is 1.79 bits per heavy atom. The normalized spacial score (nSPS) is 29.0. The Labute approximate surface area is 197 Å². The molecule has 1 aromatic rings. The average Bonchev–Trinajstić information content (AvgIpc) is 2.81. The van der Waals surface area contributed by atoms with Gasteiger partial charge in [0.05, 0.1) is 6.04 Å². The third-order valence-electron chi connectivity index (χ3n) is 7.78. The van der Waals surface area contributed by atoms with E-state index in [0.29, 0.717) is 36.8 Å². The molecule has 4 nitrogen and oxygen atoms in total. The zero-order chi connectivity index (χ0) is 23.6. The third kappa shape index (κ3) is 5.65. The van der Waals surface area contributed by atoms with E-state index in [1.165, 1.54) is 11.1 Å². The second-order valence-corrected chi connectivity index (χ2v) is 10.3. The molecule has 3 aliphatic rings. The van der Waals surface area contributed by atoms with Gasteiger partial charge >= 0.3 is 5.97 Å². The van der Waals surface area contributed by atoms with Crippen LogP contribution >= 0.6 is 0 Å². The molecule has 4 rings (SSSR count). The van der Waals surface area contributed by atoms with Gasteiger partial charge in [-0.25, -0.2) is 13.6 Å². The summed E-state index contributed by atoms with van der Waals surface area (Å²) in [6, 6.07) is 8.55. The first-order valence-corrected chi connectivity index (χ1v) is 12.6. The number of allylic oxidation sites excluding steroid dienone is 1. The van der Waals surface area contributed by atoms with Crippen molar-refractivity contribution in [1.82, 2.24) is 9.80 Å². The van der Waals surface area contributed by atoms with Crippen molar-refractivity contribution in [1.29, 1.82) is 0 Å². The van der Waals surface area contributed by atoms with Crippen molar-refractivity contribution < 1.29 is 18.3 Å². The number of rotatable bonds is 5. The van der Waals surface area contributed by atoms with Crippen LogP contribution in [0.25, 0.3) is 0 Å². The number of ether oxygens (including phenoxy) is 1. The van der Waals surface area contributed by atoms with E-state index < -0.39 is 24.0 Å². The highest BCUT2D eigenvalue weighted by Gasteiger charge is 2.52. The number of halogens is 2. The molecule has 1 saturated heterocycles. The van der Waals surface area contributed by atoms with Crippen LogP contribution in [0.4, 0.5) is 8.78 Å². The topological polar surface area (TPSA) is 32.8 Å². The molecular weight excluding hydrogens is 422 g/mol. The molecule has 1 heterocycles. The molecule has 1 aromatic carbocycles. The quantitative estimate of drug-likeness (QED) is 0.557. The molecule has 1 aliphatic heterocycles. The lowest BCUT2D eigenvalue weighted by Gasteiger charge is -2.46. The molecule has 0 radical (unpaired) electrons. The molecule has 2 fully saturated rings. The second-order valence-electron chi connectivity index (χ2n) is 10.3. The molecule has 33 heavy (non-hydrogen) atoms. The maximum absolute atomic E-state index is 15.0. The van der Waals surface area contributed by atoms with E-state index in [-0.39, 0.29) is 6.42 Å². The number of nitrogens with zero attached hydrogens (tertiary/aromatic N) is 2. The van der Waals surface area contributed by atoms with E-state index in [4.69, 9.17) is 4.74 Å². The summed E-state index contributed by atoms with van der Waals surface area (Å²) in [6.45, 7) is 9.61. The summed E-state index contributed by atoms with van der Waals surface area (Å²) in [7, 11) is 0. The van der Waals surface area contributed by atoms with Crippen molar-refractivity contribution in [3.63, 3.8) is 0 Å². The SMILES string of the molecule is Cc1ccc(C2CC=C(C(=O)O[C@@H]3[C@@H](N4CCN(C(C)C)CC4)CCCC3(F)F)CC2)cc1. The van der Waals surface area contributed by atoms with Gasteiger partial charge in [0.15, 0.2) is 6.10 Å². The lowest BCUT2D eigenvalue weighted by atomic mass is 9.84. The number of benzene rings is 1. The lowest BCUT2D eigenvalue weighted by Crippen LogP contribution is -2.60. The summed E-state index contributed by atoms with van der Waals surface area (Å²) < 4.78 is 35.6. The van der Waals surface area contributed by atoms with Crippen molar-refractivity contribution in [2.24, 2.45) is 0 Å². The van der Waals surface area contributed by atoms with Crippen molar-refractivity contribution in [2.75, 3.05) is 26.2 Å². The second kappa shape index (κ2) is 10.2. The lowest BCUT2D eigenvalue weighted by molar-refractivity contribution is -0.195. The van der Waals surface area contributed by atoms with Crippen LogP contribution in [0.5, 0.6) is 0 Å². The summed E-state index contributed by atoms with van der Waals surface area (Å²) in [4.78, 5) is 17.5. The van der Waals surface area contributed by atoms with Crippen LogP contribution < -0.4 is 0 Å². The third-order valence-corrected chi connectivity index (χ3v) is 7.78. The first kappa shape index (κ1) is 24.3. The van der Waals surface area contributed by atoms with Gasteiger partial charge in [0.25, 0.3) is 5.92 Å².